The van der Waals surface area contributed by atoms with Gasteiger partial charge in [0.1, 0.15) is 6.67 Å². The summed E-state index contributed by atoms with van der Waals surface area (Å²) in [5.74, 6) is 0. The molecule has 1 heterocycles. The fourth-order valence-corrected chi connectivity index (χ4v) is 1.78. The van der Waals surface area contributed by atoms with Gasteiger partial charge in [-0.15, -0.1) is 0 Å². The van der Waals surface area contributed by atoms with Crippen molar-refractivity contribution < 1.29 is 4.39 Å². The van der Waals surface area contributed by atoms with Crippen molar-refractivity contribution in [3.05, 3.63) is 17.0 Å². The third-order valence-corrected chi connectivity index (χ3v) is 2.60. The second kappa shape index (κ2) is 4.55. The van der Waals surface area contributed by atoms with Crippen LogP contribution in [0.1, 0.15) is 29.9 Å². The number of hydrogen-bond donors (Lipinski definition) is 1. The van der Waals surface area contributed by atoms with Gasteiger partial charge in [-0.05, 0) is 27.8 Å². The molecule has 1 rings (SSSR count). The second-order valence-electron chi connectivity index (χ2n) is 3.51. The monoisotopic (exact) mass is 199 g/mol. The predicted octanol–water partition coefficient (Wildman–Crippen LogP) is 1.75. The fraction of sp³-hybridized carbons (Fsp3) is 0.700. The van der Waals surface area contributed by atoms with Crippen molar-refractivity contribution in [2.24, 2.45) is 0 Å². The first-order valence-corrected chi connectivity index (χ1v) is 4.89. The van der Waals surface area contributed by atoms with E-state index in [4.69, 9.17) is 0 Å². The number of nitrogens with one attached hydrogen (secondary N) is 1. The molecular weight excluding hydrogens is 181 g/mol. The van der Waals surface area contributed by atoms with E-state index in [2.05, 4.69) is 17.3 Å². The standard InChI is InChI=1S/C10H18FN3/c1-7(12-4)10-8(2)13-14(6-5-11)9(10)3/h7,12H,5-6H2,1-4H3. The van der Waals surface area contributed by atoms with Gasteiger partial charge in [-0.25, -0.2) is 4.39 Å². The van der Waals surface area contributed by atoms with Crippen molar-refractivity contribution in [1.82, 2.24) is 15.1 Å². The minimum absolute atomic E-state index is 0.267. The topological polar surface area (TPSA) is 29.9 Å². The molecule has 0 aliphatic heterocycles. The maximum absolute atomic E-state index is 12.2. The first kappa shape index (κ1) is 11.2. The Kier molecular flexibility index (Phi) is 3.63. The van der Waals surface area contributed by atoms with Gasteiger partial charge in [0, 0.05) is 17.3 Å². The van der Waals surface area contributed by atoms with E-state index < -0.39 is 0 Å². The molecule has 4 heteroatoms. The summed E-state index contributed by atoms with van der Waals surface area (Å²) in [7, 11) is 1.91. The number of hydrogen-bond acceptors (Lipinski definition) is 2. The van der Waals surface area contributed by atoms with Crippen molar-refractivity contribution in [3.63, 3.8) is 0 Å². The van der Waals surface area contributed by atoms with Gasteiger partial charge in [0.15, 0.2) is 0 Å². The Morgan fingerprint density at radius 3 is 2.64 bits per heavy atom. The summed E-state index contributed by atoms with van der Waals surface area (Å²) in [5.41, 5.74) is 3.22. The highest BCUT2D eigenvalue weighted by molar-refractivity contribution is 5.27. The van der Waals surface area contributed by atoms with Crippen LogP contribution in [-0.4, -0.2) is 23.5 Å². The molecule has 0 saturated heterocycles. The molecule has 0 saturated carbocycles. The fourth-order valence-electron chi connectivity index (χ4n) is 1.78. The van der Waals surface area contributed by atoms with E-state index in [1.54, 1.807) is 4.68 Å². The first-order valence-electron chi connectivity index (χ1n) is 4.89. The zero-order chi connectivity index (χ0) is 10.7. The summed E-state index contributed by atoms with van der Waals surface area (Å²) in [4.78, 5) is 0. The molecule has 0 amide bonds. The van der Waals surface area contributed by atoms with Crippen LogP contribution in [0.4, 0.5) is 4.39 Å². The predicted molar refractivity (Wildman–Crippen MR) is 55.2 cm³/mol. The zero-order valence-corrected chi connectivity index (χ0v) is 9.26. The van der Waals surface area contributed by atoms with Crippen LogP contribution in [-0.2, 0) is 6.54 Å². The summed E-state index contributed by atoms with van der Waals surface area (Å²) in [6.45, 7) is 6.01. The molecule has 80 valence electrons. The maximum Gasteiger partial charge on any atom is 0.109 e. The first-order chi connectivity index (χ1) is 6.61. The molecule has 1 unspecified atom stereocenters. The van der Waals surface area contributed by atoms with E-state index in [0.717, 1.165) is 11.4 Å². The lowest BCUT2D eigenvalue weighted by atomic mass is 10.1. The summed E-state index contributed by atoms with van der Waals surface area (Å²) in [5, 5.41) is 7.48. The smallest absolute Gasteiger partial charge is 0.109 e. The highest BCUT2D eigenvalue weighted by atomic mass is 19.1. The maximum atomic E-state index is 12.2. The van der Waals surface area contributed by atoms with E-state index in [1.165, 1.54) is 5.56 Å². The van der Waals surface area contributed by atoms with E-state index in [0.29, 0.717) is 6.54 Å². The lowest BCUT2D eigenvalue weighted by Gasteiger charge is -2.10. The van der Waals surface area contributed by atoms with Crippen molar-refractivity contribution in [2.45, 2.75) is 33.4 Å². The van der Waals surface area contributed by atoms with Crippen molar-refractivity contribution >= 4 is 0 Å². The number of aryl methyl sites for hydroxylation is 2. The van der Waals surface area contributed by atoms with Gasteiger partial charge in [0.2, 0.25) is 0 Å². The minimum atomic E-state index is -0.366. The third kappa shape index (κ3) is 1.95. The van der Waals surface area contributed by atoms with Gasteiger partial charge in [0.25, 0.3) is 0 Å². The Hall–Kier alpha value is -0.900. The lowest BCUT2D eigenvalue weighted by molar-refractivity contribution is 0.421. The van der Waals surface area contributed by atoms with Crippen LogP contribution in [0.25, 0.3) is 0 Å². The number of halogens is 1. The number of aromatic nitrogens is 2. The Labute approximate surface area is 84.3 Å². The van der Waals surface area contributed by atoms with Gasteiger partial charge in [0.05, 0.1) is 12.2 Å². The van der Waals surface area contributed by atoms with Crippen LogP contribution in [0.3, 0.4) is 0 Å². The largest absolute Gasteiger partial charge is 0.313 e. The van der Waals surface area contributed by atoms with Gasteiger partial charge in [-0.3, -0.25) is 4.68 Å². The SMILES string of the molecule is CNC(C)c1c(C)nn(CCF)c1C. The van der Waals surface area contributed by atoms with Gasteiger partial charge < -0.3 is 5.32 Å². The zero-order valence-electron chi connectivity index (χ0n) is 9.26. The van der Waals surface area contributed by atoms with Crippen LogP contribution in [0.5, 0.6) is 0 Å². The number of rotatable bonds is 4. The Balaban J connectivity index is 3.04. The molecule has 0 aliphatic carbocycles. The summed E-state index contributed by atoms with van der Waals surface area (Å²) >= 11 is 0. The van der Waals surface area contributed by atoms with E-state index >= 15 is 0 Å². The van der Waals surface area contributed by atoms with Crippen molar-refractivity contribution in [3.8, 4) is 0 Å². The number of alkyl halides is 1. The Bertz CT molecular complexity index is 307. The van der Waals surface area contributed by atoms with Crippen molar-refractivity contribution in [1.29, 1.82) is 0 Å². The highest BCUT2D eigenvalue weighted by Gasteiger charge is 2.15. The van der Waals surface area contributed by atoms with Crippen molar-refractivity contribution in [2.75, 3.05) is 13.7 Å². The molecule has 0 aliphatic rings. The molecular formula is C10H18FN3. The molecule has 0 bridgehead atoms. The molecule has 3 nitrogen and oxygen atoms in total. The average Bonchev–Trinajstić information content (AvgIpc) is 2.42. The highest BCUT2D eigenvalue weighted by Crippen LogP contribution is 2.20. The molecule has 0 fully saturated rings. The third-order valence-electron chi connectivity index (χ3n) is 2.60. The summed E-state index contributed by atoms with van der Waals surface area (Å²) in [6.07, 6.45) is 0. The molecule has 14 heavy (non-hydrogen) atoms. The molecule has 1 N–H and O–H groups in total. The average molecular weight is 199 g/mol. The quantitative estimate of drug-likeness (QED) is 0.800. The van der Waals surface area contributed by atoms with Gasteiger partial charge >= 0.3 is 0 Å². The van der Waals surface area contributed by atoms with Gasteiger partial charge in [-0.2, -0.15) is 5.10 Å². The van der Waals surface area contributed by atoms with Crippen LogP contribution in [0.2, 0.25) is 0 Å². The molecule has 0 radical (unpaired) electrons. The second-order valence-corrected chi connectivity index (χ2v) is 3.51. The summed E-state index contributed by atoms with van der Waals surface area (Å²) < 4.78 is 13.9. The molecule has 1 atom stereocenters. The van der Waals surface area contributed by atoms with Crippen LogP contribution >= 0.6 is 0 Å². The normalized spacial score (nSPS) is 13.2. The minimum Gasteiger partial charge on any atom is -0.313 e. The lowest BCUT2D eigenvalue weighted by Crippen LogP contribution is -2.14. The summed E-state index contributed by atoms with van der Waals surface area (Å²) in [6, 6.07) is 0.267. The Morgan fingerprint density at radius 1 is 1.50 bits per heavy atom. The van der Waals surface area contributed by atoms with Gasteiger partial charge in [-0.1, -0.05) is 0 Å². The van der Waals surface area contributed by atoms with Crippen LogP contribution in [0.15, 0.2) is 0 Å². The molecule has 0 aromatic carbocycles. The van der Waals surface area contributed by atoms with Crippen LogP contribution < -0.4 is 5.32 Å². The number of nitrogens with zero attached hydrogens (tertiary/aromatic N) is 2. The molecule has 1 aromatic heterocycles. The van der Waals surface area contributed by atoms with Crippen LogP contribution in [0, 0.1) is 13.8 Å². The van der Waals surface area contributed by atoms with E-state index in [-0.39, 0.29) is 12.7 Å². The Morgan fingerprint density at radius 2 is 2.14 bits per heavy atom. The van der Waals surface area contributed by atoms with E-state index in [9.17, 15) is 4.39 Å². The molecule has 1 aromatic rings. The van der Waals surface area contributed by atoms with E-state index in [1.807, 2.05) is 20.9 Å². The molecule has 0 spiro atoms.